The number of thiophene rings is 1. The lowest BCUT2D eigenvalue weighted by molar-refractivity contribution is 0.399. The Morgan fingerprint density at radius 2 is 2.18 bits per heavy atom. The van der Waals surface area contributed by atoms with Crippen molar-refractivity contribution in [2.75, 3.05) is 7.11 Å². The smallest absolute Gasteiger partial charge is 0.269 e. The number of hydrogen-bond acceptors (Lipinski definition) is 4. The van der Waals surface area contributed by atoms with Crippen molar-refractivity contribution < 1.29 is 12.6 Å². The highest BCUT2D eigenvalue weighted by molar-refractivity contribution is 14.1. The summed E-state index contributed by atoms with van der Waals surface area (Å²) in [6, 6.07) is 3.27. The lowest BCUT2D eigenvalue weighted by atomic mass is 10.7. The van der Waals surface area contributed by atoms with Crippen LogP contribution in [0.15, 0.2) is 16.3 Å². The zero-order valence-electron chi connectivity index (χ0n) is 5.57. The molecule has 0 N–H and O–H groups in total. The van der Waals surface area contributed by atoms with Gasteiger partial charge in [-0.25, -0.2) is 0 Å². The normalized spacial score (nSPS) is 11.8. The largest absolute Gasteiger partial charge is 0.306 e. The number of hydrogen-bond donors (Lipinski definition) is 0. The van der Waals surface area contributed by atoms with E-state index < -0.39 is 10.1 Å². The molecule has 0 aliphatic heterocycles. The Hall–Kier alpha value is 0.340. The number of rotatable bonds is 2. The predicted octanol–water partition coefficient (Wildman–Crippen LogP) is 1.69. The summed E-state index contributed by atoms with van der Waals surface area (Å²) < 4.78 is 27.5. The molecular formula is C5H5IO3S2. The molecule has 0 radical (unpaired) electrons. The van der Waals surface area contributed by atoms with E-state index in [2.05, 4.69) is 26.8 Å². The van der Waals surface area contributed by atoms with Gasteiger partial charge in [0.05, 0.1) is 9.99 Å². The third kappa shape index (κ3) is 2.14. The van der Waals surface area contributed by atoms with Crippen molar-refractivity contribution in [2.45, 2.75) is 4.21 Å². The summed E-state index contributed by atoms with van der Waals surface area (Å²) in [4.78, 5) is 0. The van der Waals surface area contributed by atoms with Crippen LogP contribution in [0, 0.1) is 2.88 Å². The summed E-state index contributed by atoms with van der Waals surface area (Å²) in [5.74, 6) is 0. The second kappa shape index (κ2) is 3.38. The van der Waals surface area contributed by atoms with Gasteiger partial charge in [-0.05, 0) is 34.7 Å². The second-order valence-corrected chi connectivity index (χ2v) is 6.60. The molecule has 0 saturated heterocycles. The van der Waals surface area contributed by atoms with Gasteiger partial charge in [0.25, 0.3) is 0 Å². The van der Waals surface area contributed by atoms with E-state index in [1.165, 1.54) is 17.4 Å². The van der Waals surface area contributed by atoms with Gasteiger partial charge in [0.2, 0.25) is 0 Å². The minimum absolute atomic E-state index is 0.254. The zero-order chi connectivity index (χ0) is 8.48. The molecule has 6 heteroatoms. The number of halogens is 1. The summed E-state index contributed by atoms with van der Waals surface area (Å²) in [5.41, 5.74) is 0. The van der Waals surface area contributed by atoms with Gasteiger partial charge in [0.15, 0.2) is 0 Å². The maximum absolute atomic E-state index is 11.0. The van der Waals surface area contributed by atoms with Crippen LogP contribution in [0.1, 0.15) is 0 Å². The molecular weight excluding hydrogens is 299 g/mol. The highest BCUT2D eigenvalue weighted by atomic mass is 127. The minimum atomic E-state index is -3.46. The molecule has 0 bridgehead atoms. The fraction of sp³-hybridized carbons (Fsp3) is 0.200. The van der Waals surface area contributed by atoms with E-state index in [1.807, 2.05) is 0 Å². The first kappa shape index (κ1) is 9.43. The molecule has 0 aliphatic rings. The van der Waals surface area contributed by atoms with Crippen molar-refractivity contribution in [2.24, 2.45) is 0 Å². The lowest BCUT2D eigenvalue weighted by Gasteiger charge is -1.93. The maximum Gasteiger partial charge on any atom is 0.306 e. The van der Waals surface area contributed by atoms with E-state index in [0.717, 1.165) is 9.99 Å². The molecule has 3 nitrogen and oxygen atoms in total. The Morgan fingerprint density at radius 3 is 2.55 bits per heavy atom. The van der Waals surface area contributed by atoms with Crippen molar-refractivity contribution in [1.82, 2.24) is 0 Å². The van der Waals surface area contributed by atoms with E-state index in [4.69, 9.17) is 0 Å². The molecule has 0 fully saturated rings. The van der Waals surface area contributed by atoms with E-state index in [0.29, 0.717) is 0 Å². The monoisotopic (exact) mass is 304 g/mol. The fourth-order valence-corrected chi connectivity index (χ4v) is 3.60. The molecule has 11 heavy (non-hydrogen) atoms. The Bertz CT molecular complexity index is 340. The van der Waals surface area contributed by atoms with Gasteiger partial charge in [0, 0.05) is 0 Å². The Labute approximate surface area is 82.6 Å². The second-order valence-electron chi connectivity index (χ2n) is 1.68. The van der Waals surface area contributed by atoms with E-state index >= 15 is 0 Å². The molecule has 1 aromatic heterocycles. The topological polar surface area (TPSA) is 43.4 Å². The Balaban J connectivity index is 3.13. The van der Waals surface area contributed by atoms with Crippen LogP contribution in [0.4, 0.5) is 0 Å². The molecule has 0 spiro atoms. The van der Waals surface area contributed by atoms with Crippen LogP contribution in [0.25, 0.3) is 0 Å². The van der Waals surface area contributed by atoms with E-state index in [9.17, 15) is 8.42 Å². The highest BCUT2D eigenvalue weighted by Crippen LogP contribution is 2.23. The van der Waals surface area contributed by atoms with Gasteiger partial charge in [-0.2, -0.15) is 8.42 Å². The van der Waals surface area contributed by atoms with Gasteiger partial charge < -0.3 is 0 Å². The Kier molecular flexibility index (Phi) is 2.90. The van der Waals surface area contributed by atoms with Crippen LogP contribution in [0.3, 0.4) is 0 Å². The quantitative estimate of drug-likeness (QED) is 0.617. The average Bonchev–Trinajstić information content (AvgIpc) is 2.36. The molecule has 1 rings (SSSR count). The van der Waals surface area contributed by atoms with Crippen molar-refractivity contribution in [3.63, 3.8) is 0 Å². The van der Waals surface area contributed by atoms with Crippen LogP contribution >= 0.6 is 33.9 Å². The summed E-state index contributed by atoms with van der Waals surface area (Å²) in [6.07, 6.45) is 0. The third-order valence-corrected chi connectivity index (χ3v) is 4.63. The molecule has 0 amide bonds. The first-order chi connectivity index (χ1) is 5.06. The van der Waals surface area contributed by atoms with Crippen LogP contribution in [0.2, 0.25) is 0 Å². The Morgan fingerprint density at radius 1 is 1.55 bits per heavy atom. The van der Waals surface area contributed by atoms with Crippen molar-refractivity contribution in [3.05, 3.63) is 15.0 Å². The third-order valence-electron chi connectivity index (χ3n) is 1.01. The molecule has 0 atom stereocenters. The zero-order valence-corrected chi connectivity index (χ0v) is 9.36. The molecule has 0 saturated carbocycles. The maximum atomic E-state index is 11.0. The van der Waals surface area contributed by atoms with Gasteiger partial charge >= 0.3 is 10.1 Å². The SMILES string of the molecule is COS(=O)(=O)c1ccc(I)s1. The fourth-order valence-electron chi connectivity index (χ4n) is 0.514. The van der Waals surface area contributed by atoms with Gasteiger partial charge in [-0.1, -0.05) is 0 Å². The predicted molar refractivity (Wildman–Crippen MR) is 51.2 cm³/mol. The van der Waals surface area contributed by atoms with Crippen molar-refractivity contribution in [3.8, 4) is 0 Å². The van der Waals surface area contributed by atoms with Crippen LogP contribution in [-0.4, -0.2) is 15.5 Å². The molecule has 0 aliphatic carbocycles. The first-order valence-corrected chi connectivity index (χ1v) is 5.92. The standard InChI is InChI=1S/C5H5IO3S2/c1-9-11(7,8)5-3-2-4(6)10-5/h2-3H,1H3. The van der Waals surface area contributed by atoms with Crippen molar-refractivity contribution >= 4 is 44.0 Å². The molecule has 62 valence electrons. The van der Waals surface area contributed by atoms with E-state index in [-0.39, 0.29) is 4.21 Å². The van der Waals surface area contributed by atoms with E-state index in [1.54, 1.807) is 6.07 Å². The van der Waals surface area contributed by atoms with Crippen LogP contribution < -0.4 is 0 Å². The van der Waals surface area contributed by atoms with Gasteiger partial charge in [0.1, 0.15) is 4.21 Å². The summed E-state index contributed by atoms with van der Waals surface area (Å²) in [6.45, 7) is 0. The highest BCUT2D eigenvalue weighted by Gasteiger charge is 2.14. The summed E-state index contributed by atoms with van der Waals surface area (Å²) in [5, 5.41) is 0. The summed E-state index contributed by atoms with van der Waals surface area (Å²) >= 11 is 3.25. The van der Waals surface area contributed by atoms with Crippen molar-refractivity contribution in [1.29, 1.82) is 0 Å². The average molecular weight is 304 g/mol. The lowest BCUT2D eigenvalue weighted by Crippen LogP contribution is -1.99. The van der Waals surface area contributed by atoms with Crippen LogP contribution in [-0.2, 0) is 14.3 Å². The molecule has 0 unspecified atom stereocenters. The van der Waals surface area contributed by atoms with Gasteiger partial charge in [-0.15, -0.1) is 11.3 Å². The molecule has 0 aromatic carbocycles. The summed E-state index contributed by atoms with van der Waals surface area (Å²) in [7, 11) is -2.31. The molecule has 1 heterocycles. The van der Waals surface area contributed by atoms with Gasteiger partial charge in [-0.3, -0.25) is 4.18 Å². The first-order valence-electron chi connectivity index (χ1n) is 2.62. The minimum Gasteiger partial charge on any atom is -0.269 e. The van der Waals surface area contributed by atoms with Crippen LogP contribution in [0.5, 0.6) is 0 Å². The molecule has 1 aromatic rings.